The predicted octanol–water partition coefficient (Wildman–Crippen LogP) is 6.07. The Hall–Kier alpha value is -4.19. The van der Waals surface area contributed by atoms with E-state index in [1.807, 2.05) is 62.4 Å². The third-order valence-electron chi connectivity index (χ3n) is 5.68. The van der Waals surface area contributed by atoms with Gasteiger partial charge in [0.15, 0.2) is 0 Å². The lowest BCUT2D eigenvalue weighted by Crippen LogP contribution is -2.12. The van der Waals surface area contributed by atoms with Crippen molar-refractivity contribution in [2.24, 2.45) is 0 Å². The molecular weight excluding hydrogens is 418 g/mol. The first-order chi connectivity index (χ1) is 15.8. The molecule has 33 heavy (non-hydrogen) atoms. The summed E-state index contributed by atoms with van der Waals surface area (Å²) in [5.74, 6) is 0.0361. The van der Waals surface area contributed by atoms with Gasteiger partial charge in [-0.3, -0.25) is 10.1 Å². The Morgan fingerprint density at radius 2 is 1.52 bits per heavy atom. The molecule has 1 N–H and O–H groups in total. The van der Waals surface area contributed by atoms with E-state index in [1.165, 1.54) is 24.3 Å². The molecule has 166 valence electrons. The maximum absolute atomic E-state index is 13.1. The van der Waals surface area contributed by atoms with E-state index in [-0.39, 0.29) is 11.4 Å². The fourth-order valence-electron chi connectivity index (χ4n) is 3.95. The number of phenols is 1. The number of carbonyl (C=O) groups excluding carboxylic acids is 1. The smallest absolute Gasteiger partial charge is 0.343 e. The Morgan fingerprint density at radius 3 is 2.12 bits per heavy atom. The van der Waals surface area contributed by atoms with Gasteiger partial charge in [-0.1, -0.05) is 42.5 Å². The second kappa shape index (κ2) is 9.12. The first-order valence-corrected chi connectivity index (χ1v) is 10.6. The van der Waals surface area contributed by atoms with Crippen LogP contribution in [0.15, 0.2) is 72.8 Å². The molecule has 0 saturated carbocycles. The predicted molar refractivity (Wildman–Crippen MR) is 127 cm³/mol. The molecule has 0 heterocycles. The number of ether oxygens (including phenoxy) is 1. The van der Waals surface area contributed by atoms with Crippen LogP contribution in [0, 0.1) is 24.0 Å². The highest BCUT2D eigenvalue weighted by Crippen LogP contribution is 2.27. The third-order valence-corrected chi connectivity index (χ3v) is 5.68. The van der Waals surface area contributed by atoms with Gasteiger partial charge in [0.25, 0.3) is 5.69 Å². The lowest BCUT2D eigenvalue weighted by Gasteiger charge is -2.13. The number of aromatic hydroxyl groups is 1. The fraction of sp³-hybridized carbons (Fsp3) is 0.148. The van der Waals surface area contributed by atoms with Gasteiger partial charge in [0.1, 0.15) is 11.5 Å². The van der Waals surface area contributed by atoms with Crippen molar-refractivity contribution in [1.82, 2.24) is 0 Å². The Morgan fingerprint density at radius 1 is 0.909 bits per heavy atom. The highest BCUT2D eigenvalue weighted by Gasteiger charge is 2.17. The van der Waals surface area contributed by atoms with Gasteiger partial charge in [-0.15, -0.1) is 0 Å². The molecule has 0 bridgehead atoms. The molecule has 0 aliphatic heterocycles. The summed E-state index contributed by atoms with van der Waals surface area (Å²) in [5, 5.41) is 22.8. The number of carbonyl (C=O) groups is 1. The summed E-state index contributed by atoms with van der Waals surface area (Å²) in [6.07, 6.45) is 1.30. The number of phenolic OH excluding ortho intramolecular Hbond substituents is 1. The third kappa shape index (κ3) is 4.85. The number of rotatable bonds is 6. The Balaban J connectivity index is 1.64. The molecule has 0 aliphatic carbocycles. The quantitative estimate of drug-likeness (QED) is 0.170. The number of hydrogen-bond acceptors (Lipinski definition) is 5. The van der Waals surface area contributed by atoms with Crippen LogP contribution in [-0.4, -0.2) is 16.0 Å². The van der Waals surface area contributed by atoms with Crippen LogP contribution >= 0.6 is 0 Å². The minimum Gasteiger partial charge on any atom is -0.507 e. The van der Waals surface area contributed by atoms with Crippen LogP contribution in [0.25, 0.3) is 10.8 Å². The maximum atomic E-state index is 13.1. The fourth-order valence-corrected chi connectivity index (χ4v) is 3.95. The van der Waals surface area contributed by atoms with Crippen LogP contribution in [0.5, 0.6) is 11.5 Å². The average Bonchev–Trinajstić information content (AvgIpc) is 2.80. The van der Waals surface area contributed by atoms with E-state index in [9.17, 15) is 20.0 Å². The van der Waals surface area contributed by atoms with Crippen molar-refractivity contribution in [3.05, 3.63) is 111 Å². The monoisotopic (exact) mass is 441 g/mol. The van der Waals surface area contributed by atoms with Crippen molar-refractivity contribution >= 4 is 22.4 Å². The summed E-state index contributed by atoms with van der Waals surface area (Å²) in [6.45, 7) is 3.74. The van der Waals surface area contributed by atoms with Crippen LogP contribution in [0.3, 0.4) is 0 Å². The van der Waals surface area contributed by atoms with Crippen LogP contribution in [0.2, 0.25) is 0 Å². The van der Waals surface area contributed by atoms with Crippen LogP contribution in [-0.2, 0) is 12.8 Å². The van der Waals surface area contributed by atoms with E-state index in [2.05, 4.69) is 0 Å². The molecule has 0 radical (unpaired) electrons. The maximum Gasteiger partial charge on any atom is 0.343 e. The van der Waals surface area contributed by atoms with E-state index < -0.39 is 10.9 Å². The van der Waals surface area contributed by atoms with Gasteiger partial charge < -0.3 is 9.84 Å². The van der Waals surface area contributed by atoms with Gasteiger partial charge in [-0.2, -0.15) is 0 Å². The van der Waals surface area contributed by atoms with E-state index in [1.54, 1.807) is 0 Å². The summed E-state index contributed by atoms with van der Waals surface area (Å²) < 4.78 is 5.54. The Bertz CT molecular complexity index is 1340. The van der Waals surface area contributed by atoms with Crippen molar-refractivity contribution in [3.63, 3.8) is 0 Å². The summed E-state index contributed by atoms with van der Waals surface area (Å²) in [7, 11) is 0. The number of aryl methyl sites for hydroxylation is 4. The number of benzene rings is 4. The number of nitrogens with zero attached hydrogens (tertiary/aromatic N) is 1. The Kier molecular flexibility index (Phi) is 6.09. The molecule has 0 saturated heterocycles. The molecule has 0 atom stereocenters. The zero-order chi connectivity index (χ0) is 23.5. The molecule has 0 aliphatic rings. The lowest BCUT2D eigenvalue weighted by atomic mass is 9.95. The first-order valence-electron chi connectivity index (χ1n) is 10.6. The van der Waals surface area contributed by atoms with Crippen LogP contribution < -0.4 is 4.74 Å². The highest BCUT2D eigenvalue weighted by molar-refractivity contribution is 5.98. The molecule has 0 unspecified atom stereocenters. The average molecular weight is 441 g/mol. The molecule has 0 amide bonds. The molecular formula is C27H23NO5. The normalized spacial score (nSPS) is 10.8. The number of esters is 1. The van der Waals surface area contributed by atoms with Crippen molar-refractivity contribution in [2.45, 2.75) is 26.7 Å². The summed E-state index contributed by atoms with van der Waals surface area (Å²) in [6, 6.07) is 21.0. The van der Waals surface area contributed by atoms with E-state index in [4.69, 9.17) is 4.74 Å². The topological polar surface area (TPSA) is 89.7 Å². The summed E-state index contributed by atoms with van der Waals surface area (Å²) in [4.78, 5) is 23.4. The molecule has 4 aromatic rings. The minimum absolute atomic E-state index is 0.0688. The van der Waals surface area contributed by atoms with Crippen molar-refractivity contribution in [2.75, 3.05) is 0 Å². The SMILES string of the molecule is Cc1cc(CCc2cc3ccccc3cc2C(=O)Oc2ccc([N+](=O)[O-])cc2)cc(C)c1O. The zero-order valence-corrected chi connectivity index (χ0v) is 18.4. The zero-order valence-electron chi connectivity index (χ0n) is 18.4. The molecule has 0 spiro atoms. The van der Waals surface area contributed by atoms with Crippen molar-refractivity contribution in [1.29, 1.82) is 0 Å². The van der Waals surface area contributed by atoms with Gasteiger partial charge in [-0.25, -0.2) is 4.79 Å². The second-order valence-corrected chi connectivity index (χ2v) is 8.08. The summed E-state index contributed by atoms with van der Waals surface area (Å²) >= 11 is 0. The molecule has 0 fully saturated rings. The number of nitro groups is 1. The minimum atomic E-state index is -0.511. The van der Waals surface area contributed by atoms with Gasteiger partial charge >= 0.3 is 5.97 Å². The van der Waals surface area contributed by atoms with Gasteiger partial charge in [0.2, 0.25) is 0 Å². The lowest BCUT2D eigenvalue weighted by molar-refractivity contribution is -0.384. The van der Waals surface area contributed by atoms with E-state index in [0.717, 1.165) is 33.0 Å². The number of hydrogen-bond donors (Lipinski definition) is 1. The number of fused-ring (bicyclic) bond motifs is 1. The van der Waals surface area contributed by atoms with Crippen LogP contribution in [0.4, 0.5) is 5.69 Å². The highest BCUT2D eigenvalue weighted by atomic mass is 16.6. The number of nitro benzene ring substituents is 1. The molecule has 4 aromatic carbocycles. The first kappa shape index (κ1) is 22.0. The van der Waals surface area contributed by atoms with Crippen molar-refractivity contribution in [3.8, 4) is 11.5 Å². The van der Waals surface area contributed by atoms with Gasteiger partial charge in [-0.05, 0) is 77.9 Å². The van der Waals surface area contributed by atoms with Gasteiger partial charge in [0.05, 0.1) is 10.5 Å². The van der Waals surface area contributed by atoms with Gasteiger partial charge in [0, 0.05) is 12.1 Å². The van der Waals surface area contributed by atoms with E-state index >= 15 is 0 Å². The molecule has 4 rings (SSSR count). The Labute approximate surface area is 191 Å². The largest absolute Gasteiger partial charge is 0.507 e. The molecule has 6 nitrogen and oxygen atoms in total. The second-order valence-electron chi connectivity index (χ2n) is 8.08. The standard InChI is InChI=1S/C27H23NO5/c1-17-13-19(14-18(2)26(17)29)7-8-22-15-20-5-3-4-6-21(20)16-25(22)27(30)33-24-11-9-23(10-12-24)28(31)32/h3-6,9-16,29H,7-8H2,1-2H3. The summed E-state index contributed by atoms with van der Waals surface area (Å²) in [5.41, 5.74) is 3.96. The molecule has 0 aromatic heterocycles. The molecule has 6 heteroatoms. The van der Waals surface area contributed by atoms with Crippen molar-refractivity contribution < 1.29 is 19.6 Å². The van der Waals surface area contributed by atoms with E-state index in [0.29, 0.717) is 24.2 Å². The number of non-ortho nitro benzene ring substituents is 1. The van der Waals surface area contributed by atoms with Crippen LogP contribution in [0.1, 0.15) is 32.6 Å².